The summed E-state index contributed by atoms with van der Waals surface area (Å²) in [4.78, 5) is 24.5. The summed E-state index contributed by atoms with van der Waals surface area (Å²) < 4.78 is 5.48. The number of unbranched alkanes of at least 4 members (excludes halogenated alkanes) is 47. The molecule has 0 bridgehead atoms. The Bertz CT molecular complexity index is 1200. The van der Waals surface area contributed by atoms with Crippen LogP contribution in [0.4, 0.5) is 0 Å². The van der Waals surface area contributed by atoms with E-state index in [0.717, 1.165) is 51.4 Å². The summed E-state index contributed by atoms with van der Waals surface area (Å²) in [6.45, 7) is 4.88. The smallest absolute Gasteiger partial charge is 0.305 e. The van der Waals surface area contributed by atoms with Crippen LogP contribution in [0.25, 0.3) is 0 Å². The average molecular weight is 1040 g/mol. The minimum Gasteiger partial charge on any atom is -0.466 e. The molecule has 0 aromatic rings. The average Bonchev–Trinajstić information content (AvgIpc) is 3.40. The van der Waals surface area contributed by atoms with Crippen molar-refractivity contribution >= 4 is 11.9 Å². The van der Waals surface area contributed by atoms with Crippen LogP contribution in [0, 0.1) is 0 Å². The Morgan fingerprint density at radius 1 is 0.378 bits per heavy atom. The van der Waals surface area contributed by atoms with E-state index >= 15 is 0 Å². The van der Waals surface area contributed by atoms with Crippen molar-refractivity contribution in [3.63, 3.8) is 0 Å². The lowest BCUT2D eigenvalue weighted by Crippen LogP contribution is -2.45. The normalized spacial score (nSPS) is 12.8. The van der Waals surface area contributed by atoms with E-state index in [2.05, 4.69) is 43.5 Å². The first-order valence-electron chi connectivity index (χ1n) is 33.3. The fourth-order valence-corrected chi connectivity index (χ4v) is 10.3. The maximum absolute atomic E-state index is 12.5. The monoisotopic (exact) mass is 1040 g/mol. The molecule has 2 unspecified atom stereocenters. The highest BCUT2D eigenvalue weighted by atomic mass is 16.5. The number of amides is 1. The van der Waals surface area contributed by atoms with Crippen LogP contribution in [0.2, 0.25) is 0 Å². The first-order valence-corrected chi connectivity index (χ1v) is 33.3. The van der Waals surface area contributed by atoms with Crippen LogP contribution in [-0.2, 0) is 14.3 Å². The standard InChI is InChI=1S/C68H129NO5/c1-3-5-7-9-11-13-15-17-33-36-40-44-48-52-56-60-66(71)65(64-70)69-67(72)61-57-53-49-45-41-37-34-31-29-27-25-23-21-19-20-22-24-26-28-30-32-35-39-43-47-51-55-59-63-74-68(73)62-58-54-50-46-42-38-18-16-14-12-10-8-6-4-2/h10,12,16,18,56,60,65-66,70-71H,3-9,11,13-15,17,19-55,57-59,61-64H2,1-2H3,(H,69,72)/b12-10-,18-16-,60-56+. The van der Waals surface area contributed by atoms with E-state index < -0.39 is 12.1 Å². The Morgan fingerprint density at radius 3 is 1.07 bits per heavy atom. The number of allylic oxidation sites excluding steroid dienone is 5. The lowest BCUT2D eigenvalue weighted by Gasteiger charge is -2.20. The third-order valence-electron chi connectivity index (χ3n) is 15.4. The van der Waals surface area contributed by atoms with E-state index in [1.165, 1.54) is 283 Å². The Morgan fingerprint density at radius 2 is 0.689 bits per heavy atom. The molecular weight excluding hydrogens is 911 g/mol. The molecule has 3 N–H and O–H groups in total. The van der Waals surface area contributed by atoms with Gasteiger partial charge in [-0.3, -0.25) is 9.59 Å². The molecule has 6 nitrogen and oxygen atoms in total. The quantitative estimate of drug-likeness (QED) is 0.0320. The van der Waals surface area contributed by atoms with E-state index in [4.69, 9.17) is 4.74 Å². The molecule has 0 aliphatic rings. The minimum absolute atomic E-state index is 0.00388. The predicted molar refractivity (Wildman–Crippen MR) is 324 cm³/mol. The number of rotatable bonds is 62. The fourth-order valence-electron chi connectivity index (χ4n) is 10.3. The maximum atomic E-state index is 12.5. The van der Waals surface area contributed by atoms with E-state index in [1.54, 1.807) is 6.08 Å². The van der Waals surface area contributed by atoms with Gasteiger partial charge in [-0.15, -0.1) is 0 Å². The van der Waals surface area contributed by atoms with Crippen molar-refractivity contribution in [2.45, 2.75) is 373 Å². The zero-order valence-electron chi connectivity index (χ0n) is 49.8. The molecule has 0 spiro atoms. The minimum atomic E-state index is -0.842. The third-order valence-corrected chi connectivity index (χ3v) is 15.4. The summed E-state index contributed by atoms with van der Waals surface area (Å²) in [7, 11) is 0. The van der Waals surface area contributed by atoms with Crippen LogP contribution >= 0.6 is 0 Å². The molecule has 0 saturated carbocycles. The highest BCUT2D eigenvalue weighted by molar-refractivity contribution is 5.76. The number of ether oxygens (including phenoxy) is 1. The first-order chi connectivity index (χ1) is 36.5. The second-order valence-electron chi connectivity index (χ2n) is 22.8. The van der Waals surface area contributed by atoms with Crippen molar-refractivity contribution in [1.29, 1.82) is 0 Å². The summed E-state index contributed by atoms with van der Waals surface area (Å²) in [6, 6.07) is -0.625. The number of hydrogen-bond donors (Lipinski definition) is 3. The van der Waals surface area contributed by atoms with E-state index in [-0.39, 0.29) is 18.5 Å². The SMILES string of the molecule is CCCC/C=C\C/C=C\CCCCCCCC(=O)OCCCCCCCCCCCCCCCCCCCCCCCCCCCCCCC(=O)NC(CO)C(O)/C=C/CCCCCCCCCCCCCCC. The van der Waals surface area contributed by atoms with Crippen molar-refractivity contribution in [2.75, 3.05) is 13.2 Å². The molecule has 2 atom stereocenters. The molecule has 74 heavy (non-hydrogen) atoms. The zero-order chi connectivity index (χ0) is 53.6. The van der Waals surface area contributed by atoms with E-state index in [9.17, 15) is 19.8 Å². The third kappa shape index (κ3) is 59.3. The molecule has 0 radical (unpaired) electrons. The van der Waals surface area contributed by atoms with Crippen LogP contribution in [0.3, 0.4) is 0 Å². The molecule has 1 amide bonds. The number of hydrogen-bond acceptors (Lipinski definition) is 5. The van der Waals surface area contributed by atoms with Gasteiger partial charge in [-0.05, 0) is 57.8 Å². The molecule has 0 rings (SSSR count). The number of aliphatic hydroxyl groups excluding tert-OH is 2. The molecule has 0 aliphatic heterocycles. The highest BCUT2D eigenvalue weighted by Crippen LogP contribution is 2.18. The molecule has 0 aromatic carbocycles. The van der Waals surface area contributed by atoms with Crippen molar-refractivity contribution in [1.82, 2.24) is 5.32 Å². The van der Waals surface area contributed by atoms with Crippen molar-refractivity contribution in [3.8, 4) is 0 Å². The number of aliphatic hydroxyl groups is 2. The second-order valence-corrected chi connectivity index (χ2v) is 22.8. The van der Waals surface area contributed by atoms with E-state index in [1.807, 2.05) is 6.08 Å². The number of esters is 1. The maximum Gasteiger partial charge on any atom is 0.305 e. The lowest BCUT2D eigenvalue weighted by atomic mass is 10.0. The molecule has 6 heteroatoms. The van der Waals surface area contributed by atoms with Gasteiger partial charge in [-0.25, -0.2) is 0 Å². The van der Waals surface area contributed by atoms with Crippen molar-refractivity contribution in [3.05, 3.63) is 36.5 Å². The summed E-state index contributed by atoms with van der Waals surface area (Å²) in [5, 5.41) is 23.2. The van der Waals surface area contributed by atoms with Gasteiger partial charge >= 0.3 is 5.97 Å². The van der Waals surface area contributed by atoms with Crippen LogP contribution < -0.4 is 5.32 Å². The highest BCUT2D eigenvalue weighted by Gasteiger charge is 2.18. The Labute approximate surface area is 462 Å². The molecular formula is C68H129NO5. The van der Waals surface area contributed by atoms with Crippen molar-refractivity contribution in [2.24, 2.45) is 0 Å². The second kappa shape index (κ2) is 63.6. The van der Waals surface area contributed by atoms with Crippen LogP contribution in [0.15, 0.2) is 36.5 Å². The Hall–Kier alpha value is -1.92. The summed E-state index contributed by atoms with van der Waals surface area (Å²) in [5.74, 6) is -0.0593. The molecule has 0 saturated heterocycles. The summed E-state index contributed by atoms with van der Waals surface area (Å²) in [6.07, 6.45) is 80.7. The molecule has 436 valence electrons. The number of carbonyl (C=O) groups excluding carboxylic acids is 2. The van der Waals surface area contributed by atoms with Crippen molar-refractivity contribution < 1.29 is 24.5 Å². The van der Waals surface area contributed by atoms with Gasteiger partial charge in [-0.1, -0.05) is 326 Å². The lowest BCUT2D eigenvalue weighted by molar-refractivity contribution is -0.143. The van der Waals surface area contributed by atoms with Gasteiger partial charge in [0.1, 0.15) is 0 Å². The largest absolute Gasteiger partial charge is 0.466 e. The summed E-state index contributed by atoms with van der Waals surface area (Å²) >= 11 is 0. The first kappa shape index (κ1) is 72.1. The van der Waals surface area contributed by atoms with Crippen LogP contribution in [-0.4, -0.2) is 47.4 Å². The van der Waals surface area contributed by atoms with Gasteiger partial charge in [0.25, 0.3) is 0 Å². The predicted octanol–water partition coefficient (Wildman–Crippen LogP) is 21.1. The van der Waals surface area contributed by atoms with E-state index in [0.29, 0.717) is 19.4 Å². The van der Waals surface area contributed by atoms with Gasteiger partial charge in [-0.2, -0.15) is 0 Å². The summed E-state index contributed by atoms with van der Waals surface area (Å²) in [5.41, 5.74) is 0. The van der Waals surface area contributed by atoms with Gasteiger partial charge < -0.3 is 20.3 Å². The number of carbonyl (C=O) groups is 2. The van der Waals surface area contributed by atoms with Gasteiger partial charge in [0.2, 0.25) is 5.91 Å². The Balaban J connectivity index is 3.36. The Kier molecular flexibility index (Phi) is 62.0. The zero-order valence-corrected chi connectivity index (χ0v) is 49.8. The van der Waals surface area contributed by atoms with Crippen LogP contribution in [0.1, 0.15) is 361 Å². The molecule has 0 aliphatic carbocycles. The number of nitrogens with one attached hydrogen (secondary N) is 1. The van der Waals surface area contributed by atoms with Gasteiger partial charge in [0.15, 0.2) is 0 Å². The topological polar surface area (TPSA) is 95.9 Å². The van der Waals surface area contributed by atoms with Crippen LogP contribution in [0.5, 0.6) is 0 Å². The fraction of sp³-hybridized carbons (Fsp3) is 0.882. The molecule has 0 aromatic heterocycles. The van der Waals surface area contributed by atoms with Gasteiger partial charge in [0, 0.05) is 12.8 Å². The van der Waals surface area contributed by atoms with Gasteiger partial charge in [0.05, 0.1) is 25.4 Å². The molecule has 0 heterocycles. The molecule has 0 fully saturated rings.